The number of methoxy groups -OCH3 is 1. The molecule has 0 aliphatic carbocycles. The minimum Gasteiger partial charge on any atom is -0.383 e. The van der Waals surface area contributed by atoms with Gasteiger partial charge in [-0.05, 0) is 42.5 Å². The number of rotatable bonds is 6. The Labute approximate surface area is 148 Å². The van der Waals surface area contributed by atoms with Gasteiger partial charge in [0.05, 0.1) is 11.5 Å². The molecule has 0 bridgehead atoms. The zero-order valence-corrected chi connectivity index (χ0v) is 15.2. The minimum atomic E-state index is -3.54. The third-order valence-electron chi connectivity index (χ3n) is 4.62. The van der Waals surface area contributed by atoms with Crippen LogP contribution in [0.5, 0.6) is 0 Å². The van der Waals surface area contributed by atoms with E-state index in [4.69, 9.17) is 9.47 Å². The monoisotopic (exact) mass is 368 g/mol. The number of carbonyl (C=O) groups is 1. The highest BCUT2D eigenvalue weighted by Gasteiger charge is 2.30. The van der Waals surface area contributed by atoms with Gasteiger partial charge in [-0.2, -0.15) is 0 Å². The van der Waals surface area contributed by atoms with E-state index in [0.717, 1.165) is 24.0 Å². The van der Waals surface area contributed by atoms with Gasteiger partial charge >= 0.3 is 0 Å². The fraction of sp³-hybridized carbons (Fsp3) is 0.588. The summed E-state index contributed by atoms with van der Waals surface area (Å²) in [6.45, 7) is 2.31. The Morgan fingerprint density at radius 3 is 2.96 bits per heavy atom. The molecule has 3 rings (SSSR count). The van der Waals surface area contributed by atoms with Gasteiger partial charge in [0, 0.05) is 33.4 Å². The standard InChI is InChI=1S/C17H24N2O5S/c1-23-10-7-18-25(21,22)15-5-4-14-12-19(8-6-13(14)11-15)17(20)16-3-2-9-24-16/h4-5,11,16,18H,2-3,6-10,12H2,1H3/t16-/m1/s1. The summed E-state index contributed by atoms with van der Waals surface area (Å²) in [5.41, 5.74) is 1.97. The highest BCUT2D eigenvalue weighted by molar-refractivity contribution is 7.89. The summed E-state index contributed by atoms with van der Waals surface area (Å²) in [7, 11) is -2.01. The van der Waals surface area contributed by atoms with Crippen molar-refractivity contribution < 1.29 is 22.7 Å². The van der Waals surface area contributed by atoms with Crippen molar-refractivity contribution >= 4 is 15.9 Å². The molecule has 0 unspecified atom stereocenters. The molecular formula is C17H24N2O5S. The van der Waals surface area contributed by atoms with Crippen LogP contribution in [-0.4, -0.2) is 58.7 Å². The molecule has 1 aromatic rings. The summed E-state index contributed by atoms with van der Waals surface area (Å²) in [6, 6.07) is 5.10. The van der Waals surface area contributed by atoms with Crippen LogP contribution in [0, 0.1) is 0 Å². The second-order valence-electron chi connectivity index (χ2n) is 6.33. The van der Waals surface area contributed by atoms with E-state index in [-0.39, 0.29) is 23.5 Å². The quantitative estimate of drug-likeness (QED) is 0.746. The number of carbonyl (C=O) groups excluding carboxylic acids is 1. The van der Waals surface area contributed by atoms with Gasteiger partial charge in [-0.3, -0.25) is 4.79 Å². The lowest BCUT2D eigenvalue weighted by atomic mass is 9.99. The van der Waals surface area contributed by atoms with Gasteiger partial charge in [-0.1, -0.05) is 6.07 Å². The second-order valence-corrected chi connectivity index (χ2v) is 8.10. The summed E-state index contributed by atoms with van der Waals surface area (Å²) in [5, 5.41) is 0. The van der Waals surface area contributed by atoms with Crippen molar-refractivity contribution in [1.82, 2.24) is 9.62 Å². The zero-order valence-electron chi connectivity index (χ0n) is 14.4. The molecular weight excluding hydrogens is 344 g/mol. The highest BCUT2D eigenvalue weighted by Crippen LogP contribution is 2.24. The van der Waals surface area contributed by atoms with Crippen LogP contribution >= 0.6 is 0 Å². The maximum Gasteiger partial charge on any atom is 0.252 e. The van der Waals surface area contributed by atoms with Crippen LogP contribution in [0.2, 0.25) is 0 Å². The minimum absolute atomic E-state index is 0.0427. The number of sulfonamides is 1. The molecule has 2 aliphatic heterocycles. The SMILES string of the molecule is COCCNS(=O)(=O)c1ccc2c(c1)CCN(C(=O)[C@H]1CCCO1)C2. The van der Waals surface area contributed by atoms with Gasteiger partial charge in [-0.25, -0.2) is 13.1 Å². The summed E-state index contributed by atoms with van der Waals surface area (Å²) < 4.78 is 37.4. The number of nitrogens with zero attached hydrogens (tertiary/aromatic N) is 1. The van der Waals surface area contributed by atoms with Gasteiger partial charge in [0.25, 0.3) is 5.91 Å². The first-order valence-corrected chi connectivity index (χ1v) is 10.0. The van der Waals surface area contributed by atoms with E-state index in [2.05, 4.69) is 4.72 Å². The van der Waals surface area contributed by atoms with Gasteiger partial charge in [-0.15, -0.1) is 0 Å². The molecule has 0 spiro atoms. The van der Waals surface area contributed by atoms with Crippen LogP contribution in [0.4, 0.5) is 0 Å². The lowest BCUT2D eigenvalue weighted by Crippen LogP contribution is -2.42. The first-order valence-electron chi connectivity index (χ1n) is 8.52. The van der Waals surface area contributed by atoms with Gasteiger partial charge in [0.2, 0.25) is 10.0 Å². The van der Waals surface area contributed by atoms with Crippen molar-refractivity contribution in [1.29, 1.82) is 0 Å². The molecule has 0 aromatic heterocycles. The van der Waals surface area contributed by atoms with E-state index in [1.165, 1.54) is 7.11 Å². The lowest BCUT2D eigenvalue weighted by Gasteiger charge is -2.30. The van der Waals surface area contributed by atoms with Gasteiger partial charge in [0.1, 0.15) is 6.10 Å². The molecule has 1 amide bonds. The van der Waals surface area contributed by atoms with Crippen molar-refractivity contribution in [2.45, 2.75) is 36.8 Å². The van der Waals surface area contributed by atoms with Crippen molar-refractivity contribution in [3.05, 3.63) is 29.3 Å². The van der Waals surface area contributed by atoms with Gasteiger partial charge < -0.3 is 14.4 Å². The third kappa shape index (κ3) is 4.20. The molecule has 1 fully saturated rings. The van der Waals surface area contributed by atoms with Crippen LogP contribution < -0.4 is 4.72 Å². The lowest BCUT2D eigenvalue weighted by molar-refractivity contribution is -0.141. The van der Waals surface area contributed by atoms with Crippen molar-refractivity contribution in [3.63, 3.8) is 0 Å². The fourth-order valence-electron chi connectivity index (χ4n) is 3.22. The Bertz CT molecular complexity index is 729. The van der Waals surface area contributed by atoms with Crippen LogP contribution in [0.1, 0.15) is 24.0 Å². The Hall–Kier alpha value is -1.48. The Balaban J connectivity index is 1.69. The normalized spacial score (nSPS) is 20.5. The number of fused-ring (bicyclic) bond motifs is 1. The maximum absolute atomic E-state index is 12.5. The predicted octanol–water partition coefficient (Wildman–Crippen LogP) is 0.675. The number of nitrogens with one attached hydrogen (secondary N) is 1. The second kappa shape index (κ2) is 7.82. The molecule has 1 N–H and O–H groups in total. The van der Waals surface area contributed by atoms with Crippen molar-refractivity contribution in [3.8, 4) is 0 Å². The molecule has 1 aromatic carbocycles. The Kier molecular flexibility index (Phi) is 5.73. The van der Waals surface area contributed by atoms with Crippen LogP contribution in [0.15, 0.2) is 23.1 Å². The molecule has 1 atom stereocenters. The third-order valence-corrected chi connectivity index (χ3v) is 6.07. The molecule has 25 heavy (non-hydrogen) atoms. The first-order chi connectivity index (χ1) is 12.0. The highest BCUT2D eigenvalue weighted by atomic mass is 32.2. The van der Waals surface area contributed by atoms with Crippen LogP contribution in [0.3, 0.4) is 0 Å². The molecule has 2 aliphatic rings. The van der Waals surface area contributed by atoms with Crippen LogP contribution in [-0.2, 0) is 37.3 Å². The average Bonchev–Trinajstić information content (AvgIpc) is 3.15. The molecule has 8 heteroatoms. The van der Waals surface area contributed by atoms with E-state index in [1.54, 1.807) is 18.2 Å². The van der Waals surface area contributed by atoms with Gasteiger partial charge in [0.15, 0.2) is 0 Å². The average molecular weight is 368 g/mol. The number of hydrogen-bond donors (Lipinski definition) is 1. The van der Waals surface area contributed by atoms with E-state index >= 15 is 0 Å². The summed E-state index contributed by atoms with van der Waals surface area (Å²) >= 11 is 0. The molecule has 0 saturated carbocycles. The van der Waals surface area contributed by atoms with E-state index in [1.807, 2.05) is 4.90 Å². The van der Waals surface area contributed by atoms with E-state index < -0.39 is 10.0 Å². The molecule has 0 radical (unpaired) electrons. The van der Waals surface area contributed by atoms with Crippen LogP contribution in [0.25, 0.3) is 0 Å². The molecule has 138 valence electrons. The van der Waals surface area contributed by atoms with E-state index in [9.17, 15) is 13.2 Å². The molecule has 1 saturated heterocycles. The number of ether oxygens (including phenoxy) is 2. The van der Waals surface area contributed by atoms with Crippen molar-refractivity contribution in [2.24, 2.45) is 0 Å². The number of amides is 1. The number of hydrogen-bond acceptors (Lipinski definition) is 5. The Morgan fingerprint density at radius 2 is 2.24 bits per heavy atom. The zero-order chi connectivity index (χ0) is 17.9. The topological polar surface area (TPSA) is 84.9 Å². The molecule has 2 heterocycles. The van der Waals surface area contributed by atoms with Crippen molar-refractivity contribution in [2.75, 3.05) is 33.4 Å². The largest absolute Gasteiger partial charge is 0.383 e. The molecule has 7 nitrogen and oxygen atoms in total. The Morgan fingerprint density at radius 1 is 1.40 bits per heavy atom. The fourth-order valence-corrected chi connectivity index (χ4v) is 4.29. The summed E-state index contributed by atoms with van der Waals surface area (Å²) in [4.78, 5) is 14.5. The predicted molar refractivity (Wildman–Crippen MR) is 91.6 cm³/mol. The smallest absolute Gasteiger partial charge is 0.252 e. The first kappa shape index (κ1) is 18.3. The maximum atomic E-state index is 12.5. The number of benzene rings is 1. The summed E-state index contributed by atoms with van der Waals surface area (Å²) in [6.07, 6.45) is 2.05. The van der Waals surface area contributed by atoms with E-state index in [0.29, 0.717) is 32.7 Å². The summed E-state index contributed by atoms with van der Waals surface area (Å²) in [5.74, 6) is 0.0427.